The molecule has 2 aliphatic rings. The molecule has 2 aliphatic heterocycles. The first-order valence-corrected chi connectivity index (χ1v) is 8.40. The van der Waals surface area contributed by atoms with Crippen LogP contribution in [0.5, 0.6) is 0 Å². The lowest BCUT2D eigenvalue weighted by Crippen LogP contribution is -2.31. The standard InChI is InChI=1S/C17H19N5O4/c23-16(24)18-6-7-21-14-9-20-10-15(13(14)8-19-21)22(17(20)25)26-11-12-4-2-1-3-5-12/h1-5,8,15,18H,6-7,9-11H2,(H,23,24). The molecule has 1 atom stereocenters. The van der Waals surface area contributed by atoms with Crippen LogP contribution < -0.4 is 5.32 Å². The van der Waals surface area contributed by atoms with Crippen LogP contribution in [0.15, 0.2) is 36.5 Å². The zero-order valence-electron chi connectivity index (χ0n) is 14.0. The molecule has 1 aromatic carbocycles. The summed E-state index contributed by atoms with van der Waals surface area (Å²) < 4.78 is 1.75. The molecule has 1 unspecified atom stereocenters. The second-order valence-electron chi connectivity index (χ2n) is 6.27. The van der Waals surface area contributed by atoms with Crippen molar-refractivity contribution < 1.29 is 19.5 Å². The average Bonchev–Trinajstić information content (AvgIpc) is 3.15. The molecule has 3 amide bonds. The summed E-state index contributed by atoms with van der Waals surface area (Å²) in [4.78, 5) is 30.7. The molecule has 1 fully saturated rings. The molecule has 9 heteroatoms. The average molecular weight is 357 g/mol. The minimum absolute atomic E-state index is 0.155. The maximum absolute atomic E-state index is 12.6. The summed E-state index contributed by atoms with van der Waals surface area (Å²) in [5, 5.41) is 16.8. The van der Waals surface area contributed by atoms with E-state index in [0.717, 1.165) is 16.8 Å². The van der Waals surface area contributed by atoms with Crippen LogP contribution >= 0.6 is 0 Å². The third-order valence-corrected chi connectivity index (χ3v) is 4.63. The van der Waals surface area contributed by atoms with E-state index in [1.54, 1.807) is 15.8 Å². The quantitative estimate of drug-likeness (QED) is 0.817. The number of carboxylic acid groups (broad SMARTS) is 1. The Balaban J connectivity index is 1.48. The van der Waals surface area contributed by atoms with Gasteiger partial charge in [-0.15, -0.1) is 0 Å². The highest BCUT2D eigenvalue weighted by Gasteiger charge is 2.45. The van der Waals surface area contributed by atoms with Crippen LogP contribution in [0.3, 0.4) is 0 Å². The van der Waals surface area contributed by atoms with E-state index in [9.17, 15) is 9.59 Å². The SMILES string of the molecule is O=C(O)NCCn1ncc2c1CN1CC2N(OCc2ccccc2)C1=O. The number of amides is 3. The summed E-state index contributed by atoms with van der Waals surface area (Å²) in [5.74, 6) is 0. The van der Waals surface area contributed by atoms with E-state index in [4.69, 9.17) is 9.94 Å². The summed E-state index contributed by atoms with van der Waals surface area (Å²) >= 11 is 0. The van der Waals surface area contributed by atoms with Crippen molar-refractivity contribution in [3.05, 3.63) is 53.3 Å². The number of carbonyl (C=O) groups is 2. The maximum atomic E-state index is 12.6. The molecule has 3 heterocycles. The number of hydrogen-bond donors (Lipinski definition) is 2. The lowest BCUT2D eigenvalue weighted by Gasteiger charge is -2.23. The van der Waals surface area contributed by atoms with Crippen LogP contribution in [0, 0.1) is 0 Å². The molecular formula is C17H19N5O4. The second-order valence-corrected chi connectivity index (χ2v) is 6.27. The van der Waals surface area contributed by atoms with Crippen molar-refractivity contribution in [2.24, 2.45) is 0 Å². The zero-order chi connectivity index (χ0) is 18.1. The molecule has 0 aliphatic carbocycles. The van der Waals surface area contributed by atoms with E-state index in [2.05, 4.69) is 10.4 Å². The Morgan fingerprint density at radius 1 is 1.35 bits per heavy atom. The molecule has 0 saturated carbocycles. The molecule has 136 valence electrons. The van der Waals surface area contributed by atoms with Crippen LogP contribution in [-0.4, -0.2) is 50.1 Å². The van der Waals surface area contributed by atoms with Gasteiger partial charge in [0.05, 0.1) is 31.5 Å². The van der Waals surface area contributed by atoms with Crippen molar-refractivity contribution in [3.8, 4) is 0 Å². The van der Waals surface area contributed by atoms with Crippen molar-refractivity contribution in [1.29, 1.82) is 0 Å². The summed E-state index contributed by atoms with van der Waals surface area (Å²) in [6.45, 7) is 2.02. The van der Waals surface area contributed by atoms with Gasteiger partial charge in [0, 0.05) is 12.1 Å². The van der Waals surface area contributed by atoms with Crippen molar-refractivity contribution in [2.45, 2.75) is 25.7 Å². The molecule has 0 radical (unpaired) electrons. The fourth-order valence-electron chi connectivity index (χ4n) is 3.37. The van der Waals surface area contributed by atoms with E-state index in [1.165, 1.54) is 5.06 Å². The van der Waals surface area contributed by atoms with Gasteiger partial charge in [-0.1, -0.05) is 30.3 Å². The Morgan fingerprint density at radius 2 is 2.15 bits per heavy atom. The number of hydroxylamine groups is 2. The normalized spacial score (nSPS) is 18.2. The largest absolute Gasteiger partial charge is 0.465 e. The highest BCUT2D eigenvalue weighted by atomic mass is 16.7. The molecule has 9 nitrogen and oxygen atoms in total. The van der Waals surface area contributed by atoms with Gasteiger partial charge in [-0.2, -0.15) is 10.2 Å². The Morgan fingerprint density at radius 3 is 2.92 bits per heavy atom. The maximum Gasteiger partial charge on any atom is 0.404 e. The van der Waals surface area contributed by atoms with Crippen LogP contribution in [-0.2, 0) is 24.5 Å². The van der Waals surface area contributed by atoms with Crippen molar-refractivity contribution in [3.63, 3.8) is 0 Å². The first-order valence-electron chi connectivity index (χ1n) is 8.40. The second kappa shape index (κ2) is 6.68. The summed E-state index contributed by atoms with van der Waals surface area (Å²) in [6.07, 6.45) is 0.681. The Kier molecular flexibility index (Phi) is 4.21. The van der Waals surface area contributed by atoms with E-state index < -0.39 is 6.09 Å². The summed E-state index contributed by atoms with van der Waals surface area (Å²) in [6, 6.07) is 9.34. The molecule has 2 bridgehead atoms. The number of carbonyl (C=O) groups excluding carboxylic acids is 1. The molecular weight excluding hydrogens is 338 g/mol. The van der Waals surface area contributed by atoms with Gasteiger partial charge in [-0.3, -0.25) is 9.52 Å². The monoisotopic (exact) mass is 357 g/mol. The van der Waals surface area contributed by atoms with Crippen molar-refractivity contribution in [1.82, 2.24) is 25.1 Å². The highest BCUT2D eigenvalue weighted by Crippen LogP contribution is 2.38. The Labute approximate surface area is 149 Å². The molecule has 1 saturated heterocycles. The zero-order valence-corrected chi connectivity index (χ0v) is 14.0. The minimum atomic E-state index is -1.06. The van der Waals surface area contributed by atoms with Crippen molar-refractivity contribution >= 4 is 12.1 Å². The van der Waals surface area contributed by atoms with Crippen LogP contribution in [0.2, 0.25) is 0 Å². The topological polar surface area (TPSA) is 99.9 Å². The number of urea groups is 1. The van der Waals surface area contributed by atoms with Gasteiger partial charge in [0.25, 0.3) is 0 Å². The number of aromatic nitrogens is 2. The third-order valence-electron chi connectivity index (χ3n) is 4.63. The molecule has 26 heavy (non-hydrogen) atoms. The van der Waals surface area contributed by atoms with Gasteiger partial charge in [0.1, 0.15) is 12.6 Å². The van der Waals surface area contributed by atoms with Crippen molar-refractivity contribution in [2.75, 3.05) is 13.1 Å². The van der Waals surface area contributed by atoms with E-state index in [0.29, 0.717) is 26.2 Å². The number of nitrogens with zero attached hydrogens (tertiary/aromatic N) is 4. The fraction of sp³-hybridized carbons (Fsp3) is 0.353. The number of nitrogens with one attached hydrogen (secondary N) is 1. The first-order chi connectivity index (χ1) is 12.6. The molecule has 2 N–H and O–H groups in total. The van der Waals surface area contributed by atoms with E-state index in [1.807, 2.05) is 30.3 Å². The number of hydrogen-bond acceptors (Lipinski definition) is 4. The van der Waals surface area contributed by atoms with Gasteiger partial charge in [0.15, 0.2) is 0 Å². The molecule has 1 aromatic heterocycles. The fourth-order valence-corrected chi connectivity index (χ4v) is 3.37. The molecule has 0 spiro atoms. The predicted octanol–water partition coefficient (Wildman–Crippen LogP) is 1.57. The van der Waals surface area contributed by atoms with Crippen LogP contribution in [0.25, 0.3) is 0 Å². The third kappa shape index (κ3) is 2.97. The van der Waals surface area contributed by atoms with Gasteiger partial charge in [0.2, 0.25) is 0 Å². The smallest absolute Gasteiger partial charge is 0.404 e. The number of benzene rings is 1. The summed E-state index contributed by atoms with van der Waals surface area (Å²) in [5.41, 5.74) is 2.87. The molecule has 2 aromatic rings. The Bertz CT molecular complexity index is 822. The number of fused-ring (bicyclic) bond motifs is 4. The minimum Gasteiger partial charge on any atom is -0.465 e. The van der Waals surface area contributed by atoms with E-state index in [-0.39, 0.29) is 18.6 Å². The van der Waals surface area contributed by atoms with Gasteiger partial charge in [-0.25, -0.2) is 9.59 Å². The molecule has 4 rings (SSSR count). The predicted molar refractivity (Wildman–Crippen MR) is 89.9 cm³/mol. The van der Waals surface area contributed by atoms with Crippen LogP contribution in [0.4, 0.5) is 9.59 Å². The van der Waals surface area contributed by atoms with Gasteiger partial charge >= 0.3 is 12.1 Å². The van der Waals surface area contributed by atoms with E-state index >= 15 is 0 Å². The van der Waals surface area contributed by atoms with Crippen LogP contribution in [0.1, 0.15) is 22.9 Å². The van der Waals surface area contributed by atoms with Gasteiger partial charge in [-0.05, 0) is 5.56 Å². The lowest BCUT2D eigenvalue weighted by atomic mass is 10.1. The van der Waals surface area contributed by atoms with Gasteiger partial charge < -0.3 is 15.3 Å². The number of rotatable bonds is 6. The summed E-state index contributed by atoms with van der Waals surface area (Å²) in [7, 11) is 0. The highest BCUT2D eigenvalue weighted by molar-refractivity contribution is 5.77. The lowest BCUT2D eigenvalue weighted by molar-refractivity contribution is -0.141. The first kappa shape index (κ1) is 16.4. The Hall–Kier alpha value is -3.07.